The summed E-state index contributed by atoms with van der Waals surface area (Å²) in [5, 5.41) is 2.43. The molecule has 0 aliphatic rings. The van der Waals surface area contributed by atoms with Gasteiger partial charge < -0.3 is 5.32 Å². The third-order valence-electron chi connectivity index (χ3n) is 1.12. The van der Waals surface area contributed by atoms with Crippen molar-refractivity contribution in [2.75, 3.05) is 5.32 Å². The highest BCUT2D eigenvalue weighted by atomic mass is 79.9. The van der Waals surface area contributed by atoms with Crippen LogP contribution in [0, 0.1) is 5.82 Å². The first-order valence-corrected chi connectivity index (χ1v) is 3.97. The molecule has 0 saturated heterocycles. The Morgan fingerprint density at radius 2 is 2.42 bits per heavy atom. The second-order valence-electron chi connectivity index (χ2n) is 2.17. The minimum atomic E-state index is -0.484. The molecule has 64 valence electrons. The summed E-state index contributed by atoms with van der Waals surface area (Å²) in [6, 6.07) is 1.19. The molecule has 1 N–H and O–H groups in total. The summed E-state index contributed by atoms with van der Waals surface area (Å²) in [4.78, 5) is 14.3. The second kappa shape index (κ2) is 3.62. The molecule has 0 aromatic carbocycles. The van der Waals surface area contributed by atoms with Crippen LogP contribution >= 0.6 is 15.9 Å². The molecule has 3 nitrogen and oxygen atoms in total. The van der Waals surface area contributed by atoms with Crippen LogP contribution in [-0.4, -0.2) is 10.9 Å². The minimum absolute atomic E-state index is 0.261. The Labute approximate surface area is 77.1 Å². The molecule has 1 aromatic rings. The standard InChI is InChI=1S/C7H6BrFN2O/c1-4(12)11-6-2-5(9)3-10-7(6)8/h2-3H,1H3,(H,11,12). The van der Waals surface area contributed by atoms with Crippen molar-refractivity contribution < 1.29 is 9.18 Å². The van der Waals surface area contributed by atoms with Crippen LogP contribution in [0.1, 0.15) is 6.92 Å². The number of rotatable bonds is 1. The molecule has 0 radical (unpaired) electrons. The van der Waals surface area contributed by atoms with E-state index in [1.165, 1.54) is 13.0 Å². The first kappa shape index (κ1) is 9.12. The number of anilines is 1. The van der Waals surface area contributed by atoms with Crippen molar-refractivity contribution in [3.8, 4) is 0 Å². The summed E-state index contributed by atoms with van der Waals surface area (Å²) in [6.45, 7) is 1.34. The van der Waals surface area contributed by atoms with Gasteiger partial charge in [0.2, 0.25) is 5.91 Å². The van der Waals surface area contributed by atoms with Gasteiger partial charge in [-0.1, -0.05) is 0 Å². The van der Waals surface area contributed by atoms with Gasteiger partial charge in [-0.25, -0.2) is 9.37 Å². The largest absolute Gasteiger partial charge is 0.324 e. The molecule has 0 bridgehead atoms. The molecule has 1 heterocycles. The number of pyridine rings is 1. The van der Waals surface area contributed by atoms with Crippen molar-refractivity contribution in [1.82, 2.24) is 4.98 Å². The van der Waals surface area contributed by atoms with Crippen LogP contribution in [0.5, 0.6) is 0 Å². The van der Waals surface area contributed by atoms with Gasteiger partial charge in [0.05, 0.1) is 11.9 Å². The van der Waals surface area contributed by atoms with E-state index in [2.05, 4.69) is 26.2 Å². The fraction of sp³-hybridized carbons (Fsp3) is 0.143. The van der Waals surface area contributed by atoms with Crippen molar-refractivity contribution in [2.45, 2.75) is 6.92 Å². The van der Waals surface area contributed by atoms with Crippen LogP contribution in [0.2, 0.25) is 0 Å². The van der Waals surface area contributed by atoms with E-state index in [9.17, 15) is 9.18 Å². The number of carbonyl (C=O) groups is 1. The Kier molecular flexibility index (Phi) is 2.75. The second-order valence-corrected chi connectivity index (χ2v) is 2.92. The van der Waals surface area contributed by atoms with Crippen LogP contribution in [0.25, 0.3) is 0 Å². The van der Waals surface area contributed by atoms with E-state index in [0.717, 1.165) is 6.20 Å². The van der Waals surface area contributed by atoms with Crippen LogP contribution in [0.15, 0.2) is 16.9 Å². The average Bonchev–Trinajstić information content (AvgIpc) is 1.96. The number of aromatic nitrogens is 1. The van der Waals surface area contributed by atoms with E-state index in [4.69, 9.17) is 0 Å². The van der Waals surface area contributed by atoms with Crippen molar-refractivity contribution >= 4 is 27.5 Å². The van der Waals surface area contributed by atoms with E-state index in [-0.39, 0.29) is 5.91 Å². The maximum absolute atomic E-state index is 12.6. The Morgan fingerprint density at radius 3 is 3.00 bits per heavy atom. The van der Waals surface area contributed by atoms with Gasteiger partial charge in [-0.15, -0.1) is 0 Å². The zero-order valence-electron chi connectivity index (χ0n) is 6.27. The van der Waals surface area contributed by atoms with Crippen molar-refractivity contribution in [3.05, 3.63) is 22.7 Å². The van der Waals surface area contributed by atoms with Crippen LogP contribution in [0.3, 0.4) is 0 Å². The number of nitrogens with zero attached hydrogens (tertiary/aromatic N) is 1. The average molecular weight is 233 g/mol. The fourth-order valence-corrected chi connectivity index (χ4v) is 1.02. The van der Waals surface area contributed by atoms with Gasteiger partial charge in [-0.3, -0.25) is 4.79 Å². The number of hydrogen-bond acceptors (Lipinski definition) is 2. The molecular weight excluding hydrogens is 227 g/mol. The summed E-state index contributed by atoms with van der Waals surface area (Å²) < 4.78 is 13.0. The maximum Gasteiger partial charge on any atom is 0.221 e. The number of nitrogens with one attached hydrogen (secondary N) is 1. The van der Waals surface area contributed by atoms with Gasteiger partial charge in [0.15, 0.2) is 0 Å². The summed E-state index contributed by atoms with van der Waals surface area (Å²) in [6.07, 6.45) is 1.06. The van der Waals surface area contributed by atoms with Gasteiger partial charge in [0, 0.05) is 13.0 Å². The number of amides is 1. The lowest BCUT2D eigenvalue weighted by atomic mass is 10.4. The van der Waals surface area contributed by atoms with Crippen LogP contribution in [-0.2, 0) is 4.79 Å². The number of carbonyl (C=O) groups excluding carboxylic acids is 1. The van der Waals surface area contributed by atoms with Crippen molar-refractivity contribution in [2.24, 2.45) is 0 Å². The molecule has 0 aliphatic carbocycles. The molecule has 0 fully saturated rings. The van der Waals surface area contributed by atoms with Crippen molar-refractivity contribution in [3.63, 3.8) is 0 Å². The molecule has 0 atom stereocenters. The summed E-state index contributed by atoms with van der Waals surface area (Å²) in [7, 11) is 0. The molecular formula is C7H6BrFN2O. The predicted molar refractivity (Wildman–Crippen MR) is 46.2 cm³/mol. The monoisotopic (exact) mass is 232 g/mol. The summed E-state index contributed by atoms with van der Waals surface area (Å²) in [5.74, 6) is -0.745. The highest BCUT2D eigenvalue weighted by molar-refractivity contribution is 9.10. The number of halogens is 2. The topological polar surface area (TPSA) is 42.0 Å². The van der Waals surface area contributed by atoms with Gasteiger partial charge in [-0.2, -0.15) is 0 Å². The predicted octanol–water partition coefficient (Wildman–Crippen LogP) is 1.94. The number of hydrogen-bond donors (Lipinski definition) is 1. The maximum atomic E-state index is 12.6. The normalized spacial score (nSPS) is 9.58. The van der Waals surface area contributed by atoms with E-state index < -0.39 is 5.82 Å². The Hall–Kier alpha value is -0.970. The zero-order chi connectivity index (χ0) is 9.14. The summed E-state index contributed by atoms with van der Waals surface area (Å²) in [5.41, 5.74) is 0.336. The van der Waals surface area contributed by atoms with Gasteiger partial charge in [0.1, 0.15) is 10.4 Å². The van der Waals surface area contributed by atoms with Crippen LogP contribution < -0.4 is 5.32 Å². The third-order valence-corrected chi connectivity index (χ3v) is 1.75. The Morgan fingerprint density at radius 1 is 1.75 bits per heavy atom. The molecule has 0 unspecified atom stereocenters. The first-order valence-electron chi connectivity index (χ1n) is 3.18. The minimum Gasteiger partial charge on any atom is -0.324 e. The molecule has 1 rings (SSSR count). The Bertz CT molecular complexity index is 316. The van der Waals surface area contributed by atoms with Crippen LogP contribution in [0.4, 0.5) is 10.1 Å². The third kappa shape index (κ3) is 2.27. The lowest BCUT2D eigenvalue weighted by molar-refractivity contribution is -0.114. The molecule has 1 amide bonds. The van der Waals surface area contributed by atoms with E-state index in [1.807, 2.05) is 0 Å². The van der Waals surface area contributed by atoms with Gasteiger partial charge in [0.25, 0.3) is 0 Å². The molecule has 5 heteroatoms. The van der Waals surface area contributed by atoms with E-state index in [1.54, 1.807) is 0 Å². The smallest absolute Gasteiger partial charge is 0.221 e. The Balaban J connectivity index is 2.97. The molecule has 0 aliphatic heterocycles. The van der Waals surface area contributed by atoms with Crippen molar-refractivity contribution in [1.29, 1.82) is 0 Å². The molecule has 0 saturated carbocycles. The molecule has 0 spiro atoms. The molecule has 12 heavy (non-hydrogen) atoms. The van der Waals surface area contributed by atoms with Gasteiger partial charge in [-0.05, 0) is 15.9 Å². The lowest BCUT2D eigenvalue weighted by Gasteiger charge is -2.02. The highest BCUT2D eigenvalue weighted by Gasteiger charge is 2.03. The zero-order valence-corrected chi connectivity index (χ0v) is 7.85. The highest BCUT2D eigenvalue weighted by Crippen LogP contribution is 2.19. The van der Waals surface area contributed by atoms with Gasteiger partial charge >= 0.3 is 0 Å². The van der Waals surface area contributed by atoms with E-state index >= 15 is 0 Å². The quantitative estimate of drug-likeness (QED) is 0.753. The lowest BCUT2D eigenvalue weighted by Crippen LogP contribution is -2.07. The fourth-order valence-electron chi connectivity index (χ4n) is 0.700. The first-order chi connectivity index (χ1) is 5.59. The van der Waals surface area contributed by atoms with E-state index in [0.29, 0.717) is 10.3 Å². The SMILES string of the molecule is CC(=O)Nc1cc(F)cnc1Br. The summed E-state index contributed by atoms with van der Waals surface area (Å²) >= 11 is 3.07. The molecule has 1 aromatic heterocycles.